The zero-order valence-electron chi connectivity index (χ0n) is 21.0. The third kappa shape index (κ3) is 6.34. The van der Waals surface area contributed by atoms with E-state index >= 15 is 0 Å². The van der Waals surface area contributed by atoms with Crippen LogP contribution in [0.1, 0.15) is 66.5 Å². The summed E-state index contributed by atoms with van der Waals surface area (Å²) in [5.74, 6) is -0.758. The van der Waals surface area contributed by atoms with Crippen LogP contribution in [0.5, 0.6) is 0 Å². The van der Waals surface area contributed by atoms with Crippen molar-refractivity contribution in [2.45, 2.75) is 77.4 Å². The summed E-state index contributed by atoms with van der Waals surface area (Å²) in [6, 6.07) is 1.69. The van der Waals surface area contributed by atoms with Gasteiger partial charge < -0.3 is 14.6 Å². The van der Waals surface area contributed by atoms with Crippen LogP contribution in [0.25, 0.3) is 5.95 Å². The normalized spacial score (nSPS) is 19.7. The topological polar surface area (TPSA) is 137 Å². The second-order valence-electron chi connectivity index (χ2n) is 10.6. The highest BCUT2D eigenvalue weighted by Crippen LogP contribution is 2.56. The first-order valence-corrected chi connectivity index (χ1v) is 11.5. The van der Waals surface area contributed by atoms with Gasteiger partial charge in [0.15, 0.2) is 0 Å². The summed E-state index contributed by atoms with van der Waals surface area (Å²) < 4.78 is 12.3. The minimum atomic E-state index is -1.12. The van der Waals surface area contributed by atoms with Gasteiger partial charge in [-0.3, -0.25) is 9.36 Å². The van der Waals surface area contributed by atoms with Crippen molar-refractivity contribution in [3.63, 3.8) is 0 Å². The fourth-order valence-electron chi connectivity index (χ4n) is 3.84. The van der Waals surface area contributed by atoms with E-state index in [0.717, 1.165) is 4.90 Å². The Kier molecular flexibility index (Phi) is 7.18. The highest BCUT2D eigenvalue weighted by Gasteiger charge is 2.62. The summed E-state index contributed by atoms with van der Waals surface area (Å²) in [6.45, 7) is 10.3. The molecule has 0 aliphatic heterocycles. The van der Waals surface area contributed by atoms with Crippen molar-refractivity contribution in [3.05, 3.63) is 36.7 Å². The molecule has 3 rings (SSSR count). The van der Waals surface area contributed by atoms with Crippen molar-refractivity contribution < 1.29 is 29.0 Å². The molecule has 2 heterocycles. The highest BCUT2D eigenvalue weighted by atomic mass is 16.6. The number of amides is 2. The van der Waals surface area contributed by atoms with E-state index in [1.54, 1.807) is 70.8 Å². The van der Waals surface area contributed by atoms with Crippen molar-refractivity contribution in [3.8, 4) is 5.95 Å². The van der Waals surface area contributed by atoms with E-state index < -0.39 is 34.8 Å². The number of aliphatic carboxylic acids is 1. The molecule has 1 fully saturated rings. The van der Waals surface area contributed by atoms with Gasteiger partial charge >= 0.3 is 18.2 Å². The molecule has 2 atom stereocenters. The van der Waals surface area contributed by atoms with Crippen molar-refractivity contribution in [1.82, 2.24) is 24.4 Å². The second-order valence-corrected chi connectivity index (χ2v) is 10.6. The zero-order chi connectivity index (χ0) is 26.0. The Labute approximate surface area is 204 Å². The third-order valence-electron chi connectivity index (χ3n) is 5.47. The molecular weight excluding hydrogens is 454 g/mol. The lowest BCUT2D eigenvalue weighted by atomic mass is 9.98. The van der Waals surface area contributed by atoms with Gasteiger partial charge in [0.2, 0.25) is 5.95 Å². The second kappa shape index (κ2) is 9.63. The van der Waals surface area contributed by atoms with Gasteiger partial charge in [-0.1, -0.05) is 0 Å². The summed E-state index contributed by atoms with van der Waals surface area (Å²) in [5, 5.41) is 10.0. The number of hydrogen-bond acceptors (Lipinski definition) is 8. The Morgan fingerprint density at radius 1 is 1.06 bits per heavy atom. The number of imidazole rings is 1. The molecule has 0 aromatic carbocycles. The van der Waals surface area contributed by atoms with E-state index in [-0.39, 0.29) is 12.5 Å². The van der Waals surface area contributed by atoms with E-state index in [2.05, 4.69) is 15.0 Å². The standard InChI is InChI=1S/C24H33N5O6/c1-22(2,3)34-20(32)29(21(33)35-23(4,5)6)12-7-9-16-13-24(16,18(30)31)17-14-28(15-27-17)19-25-10-8-11-26-19/h8,10-11,14-16H,7,9,12-13H2,1-6H3,(H,30,31)/t16-,24+/m0/s1. The van der Waals surface area contributed by atoms with Gasteiger partial charge in [-0.05, 0) is 72.8 Å². The number of carboxylic acids is 1. The minimum Gasteiger partial charge on any atom is -0.481 e. The Balaban J connectivity index is 1.68. The Morgan fingerprint density at radius 2 is 1.63 bits per heavy atom. The van der Waals surface area contributed by atoms with Crippen LogP contribution in [-0.2, 0) is 19.7 Å². The highest BCUT2D eigenvalue weighted by molar-refractivity contribution is 5.88. The van der Waals surface area contributed by atoms with Gasteiger partial charge in [-0.15, -0.1) is 0 Å². The maximum atomic E-state index is 12.7. The van der Waals surface area contributed by atoms with Gasteiger partial charge in [0.05, 0.1) is 5.69 Å². The van der Waals surface area contributed by atoms with Crippen LogP contribution in [0.3, 0.4) is 0 Å². The van der Waals surface area contributed by atoms with E-state index in [4.69, 9.17) is 9.47 Å². The third-order valence-corrected chi connectivity index (χ3v) is 5.47. The lowest BCUT2D eigenvalue weighted by Crippen LogP contribution is -2.44. The van der Waals surface area contributed by atoms with E-state index in [1.165, 1.54) is 6.33 Å². The lowest BCUT2D eigenvalue weighted by Gasteiger charge is -2.28. The SMILES string of the molecule is CC(C)(C)OC(=O)N(CCC[C@H]1C[C@]1(C(=O)O)c1cn(-c2ncccn2)cn1)C(=O)OC(C)(C)C. The van der Waals surface area contributed by atoms with Crippen molar-refractivity contribution >= 4 is 18.2 Å². The van der Waals surface area contributed by atoms with Crippen LogP contribution in [0.2, 0.25) is 0 Å². The quantitative estimate of drug-likeness (QED) is 0.615. The summed E-state index contributed by atoms with van der Waals surface area (Å²) in [7, 11) is 0. The van der Waals surface area contributed by atoms with Crippen LogP contribution in [0, 0.1) is 5.92 Å². The smallest absolute Gasteiger partial charge is 0.419 e. The minimum absolute atomic E-state index is 0.0440. The van der Waals surface area contributed by atoms with E-state index in [0.29, 0.717) is 30.9 Å². The maximum absolute atomic E-state index is 12.7. The molecule has 2 aromatic rings. The number of carbonyl (C=O) groups excluding carboxylic acids is 2. The zero-order valence-corrected chi connectivity index (χ0v) is 21.0. The number of nitrogens with zero attached hydrogens (tertiary/aromatic N) is 5. The molecule has 2 aromatic heterocycles. The molecule has 0 radical (unpaired) electrons. The predicted molar refractivity (Wildman–Crippen MR) is 125 cm³/mol. The summed E-state index contributed by atoms with van der Waals surface area (Å²) >= 11 is 0. The Morgan fingerprint density at radius 3 is 2.14 bits per heavy atom. The molecule has 35 heavy (non-hydrogen) atoms. The largest absolute Gasteiger partial charge is 0.481 e. The molecule has 0 spiro atoms. The summed E-state index contributed by atoms with van der Waals surface area (Å²) in [6.07, 6.45) is 6.00. The first-order valence-electron chi connectivity index (χ1n) is 11.5. The van der Waals surface area contributed by atoms with Gasteiger partial charge in [0, 0.05) is 25.1 Å². The first-order chi connectivity index (χ1) is 16.2. The number of imide groups is 1. The molecule has 0 bridgehead atoms. The first kappa shape index (κ1) is 26.1. The molecule has 11 heteroatoms. The molecule has 1 N–H and O–H groups in total. The monoisotopic (exact) mass is 487 g/mol. The number of rotatable bonds is 7. The maximum Gasteiger partial charge on any atom is 0.419 e. The van der Waals surface area contributed by atoms with Gasteiger partial charge in [0.25, 0.3) is 0 Å². The van der Waals surface area contributed by atoms with Crippen LogP contribution >= 0.6 is 0 Å². The van der Waals surface area contributed by atoms with Crippen molar-refractivity contribution in [2.24, 2.45) is 5.92 Å². The lowest BCUT2D eigenvalue weighted by molar-refractivity contribution is -0.140. The number of hydrogen-bond donors (Lipinski definition) is 1. The molecule has 190 valence electrons. The molecule has 0 saturated heterocycles. The molecule has 0 unspecified atom stereocenters. The van der Waals surface area contributed by atoms with Crippen LogP contribution in [0.15, 0.2) is 31.0 Å². The average Bonchev–Trinajstić information content (AvgIpc) is 3.25. The van der Waals surface area contributed by atoms with E-state index in [9.17, 15) is 19.5 Å². The number of carbonyl (C=O) groups is 3. The number of ether oxygens (including phenoxy) is 2. The summed E-state index contributed by atoms with van der Waals surface area (Å²) in [5.41, 5.74) is -2.26. The molecule has 1 saturated carbocycles. The predicted octanol–water partition coefficient (Wildman–Crippen LogP) is 3.96. The molecular formula is C24H33N5O6. The van der Waals surface area contributed by atoms with Gasteiger partial charge in [0.1, 0.15) is 22.9 Å². The number of aromatic nitrogens is 4. The van der Waals surface area contributed by atoms with Gasteiger partial charge in [-0.25, -0.2) is 29.4 Å². The van der Waals surface area contributed by atoms with Crippen LogP contribution in [-0.4, -0.2) is 65.4 Å². The van der Waals surface area contributed by atoms with Crippen LogP contribution < -0.4 is 0 Å². The molecule has 11 nitrogen and oxygen atoms in total. The average molecular weight is 488 g/mol. The fourth-order valence-corrected chi connectivity index (χ4v) is 3.84. The molecule has 1 aliphatic carbocycles. The summed E-state index contributed by atoms with van der Waals surface area (Å²) in [4.78, 5) is 51.1. The van der Waals surface area contributed by atoms with E-state index in [1.807, 2.05) is 0 Å². The van der Waals surface area contributed by atoms with Crippen molar-refractivity contribution in [1.29, 1.82) is 0 Å². The van der Waals surface area contributed by atoms with Crippen LogP contribution in [0.4, 0.5) is 9.59 Å². The fraction of sp³-hybridized carbons (Fsp3) is 0.583. The Hall–Kier alpha value is -3.50. The van der Waals surface area contributed by atoms with Crippen molar-refractivity contribution in [2.75, 3.05) is 6.54 Å². The van der Waals surface area contributed by atoms with Gasteiger partial charge in [-0.2, -0.15) is 0 Å². The molecule has 2 amide bonds. The Bertz CT molecular complexity index is 1040. The molecule has 1 aliphatic rings. The number of carboxylic acid groups (broad SMARTS) is 1.